The molecule has 2 unspecified atom stereocenters. The largest absolute Gasteiger partial charge is 0.496 e. The lowest BCUT2D eigenvalue weighted by Gasteiger charge is -2.29. The molecule has 0 amide bonds. The van der Waals surface area contributed by atoms with E-state index in [9.17, 15) is 4.39 Å². The van der Waals surface area contributed by atoms with E-state index >= 15 is 0 Å². The van der Waals surface area contributed by atoms with Crippen LogP contribution in [-0.4, -0.2) is 32.4 Å². The Hall–Kier alpha value is -1.13. The Labute approximate surface area is 107 Å². The molecule has 1 fully saturated rings. The van der Waals surface area contributed by atoms with Gasteiger partial charge in [0.1, 0.15) is 11.6 Å². The van der Waals surface area contributed by atoms with Gasteiger partial charge in [0.05, 0.1) is 20.3 Å². The zero-order valence-corrected chi connectivity index (χ0v) is 10.9. The molecule has 1 N–H and O–H groups in total. The van der Waals surface area contributed by atoms with E-state index in [1.165, 1.54) is 6.07 Å². The molecule has 4 heteroatoms. The monoisotopic (exact) mass is 253 g/mol. The van der Waals surface area contributed by atoms with Gasteiger partial charge in [-0.15, -0.1) is 0 Å². The molecule has 0 radical (unpaired) electrons. The van der Waals surface area contributed by atoms with Gasteiger partial charge in [0, 0.05) is 17.6 Å². The van der Waals surface area contributed by atoms with E-state index < -0.39 is 0 Å². The molecule has 1 heterocycles. The Bertz CT molecular complexity index is 397. The van der Waals surface area contributed by atoms with Gasteiger partial charge in [-0.25, -0.2) is 4.39 Å². The smallest absolute Gasteiger partial charge is 0.130 e. The summed E-state index contributed by atoms with van der Waals surface area (Å²) in [7, 11) is 1.57. The Morgan fingerprint density at radius 3 is 3.00 bits per heavy atom. The number of hydrogen-bond acceptors (Lipinski definition) is 3. The van der Waals surface area contributed by atoms with Crippen molar-refractivity contribution in [3.05, 3.63) is 29.6 Å². The Balaban J connectivity index is 1.97. The number of hydrogen-bond donors (Lipinski definition) is 1. The quantitative estimate of drug-likeness (QED) is 0.892. The van der Waals surface area contributed by atoms with Crippen molar-refractivity contribution < 1.29 is 13.9 Å². The third-order valence-corrected chi connectivity index (χ3v) is 3.25. The molecule has 18 heavy (non-hydrogen) atoms. The van der Waals surface area contributed by atoms with Crippen molar-refractivity contribution in [3.63, 3.8) is 0 Å². The summed E-state index contributed by atoms with van der Waals surface area (Å²) in [5, 5.41) is 3.46. The minimum Gasteiger partial charge on any atom is -0.496 e. The van der Waals surface area contributed by atoms with Crippen LogP contribution in [0.25, 0.3) is 0 Å². The molecule has 0 aromatic heterocycles. The van der Waals surface area contributed by atoms with Crippen molar-refractivity contribution in [2.75, 3.05) is 20.3 Å². The standard InChI is InChI=1S/C14H20FNO2/c1-10-8-18-9-11(16-10)6-7-12-13(15)4-3-5-14(12)17-2/h3-5,10-11,16H,6-9H2,1-2H3. The first-order valence-electron chi connectivity index (χ1n) is 6.36. The summed E-state index contributed by atoms with van der Waals surface area (Å²) < 4.78 is 24.4. The first-order chi connectivity index (χ1) is 8.70. The molecule has 1 aromatic carbocycles. The lowest BCUT2D eigenvalue weighted by atomic mass is 10.0. The third kappa shape index (κ3) is 3.21. The summed E-state index contributed by atoms with van der Waals surface area (Å²) in [5.74, 6) is 0.430. The molecule has 0 bridgehead atoms. The lowest BCUT2D eigenvalue weighted by Crippen LogP contribution is -2.47. The summed E-state index contributed by atoms with van der Waals surface area (Å²) in [4.78, 5) is 0. The molecule has 100 valence electrons. The molecule has 3 nitrogen and oxygen atoms in total. The van der Waals surface area contributed by atoms with Crippen LogP contribution >= 0.6 is 0 Å². The van der Waals surface area contributed by atoms with Crippen LogP contribution in [0.2, 0.25) is 0 Å². The summed E-state index contributed by atoms with van der Waals surface area (Å²) in [6, 6.07) is 5.60. The van der Waals surface area contributed by atoms with Gasteiger partial charge in [-0.1, -0.05) is 6.07 Å². The highest BCUT2D eigenvalue weighted by Gasteiger charge is 2.19. The van der Waals surface area contributed by atoms with Gasteiger partial charge in [0.15, 0.2) is 0 Å². The zero-order valence-electron chi connectivity index (χ0n) is 10.9. The van der Waals surface area contributed by atoms with E-state index in [1.807, 2.05) is 0 Å². The summed E-state index contributed by atoms with van der Waals surface area (Å²) >= 11 is 0. The zero-order chi connectivity index (χ0) is 13.0. The highest BCUT2D eigenvalue weighted by atomic mass is 19.1. The first kappa shape index (κ1) is 13.3. The van der Waals surface area contributed by atoms with Gasteiger partial charge in [-0.2, -0.15) is 0 Å². The maximum absolute atomic E-state index is 13.7. The van der Waals surface area contributed by atoms with E-state index in [-0.39, 0.29) is 11.9 Å². The second kappa shape index (κ2) is 6.16. The van der Waals surface area contributed by atoms with E-state index in [2.05, 4.69) is 12.2 Å². The molecule has 1 saturated heterocycles. The second-order valence-electron chi connectivity index (χ2n) is 4.76. The van der Waals surface area contributed by atoms with Crippen LogP contribution in [0.4, 0.5) is 4.39 Å². The van der Waals surface area contributed by atoms with Crippen molar-refractivity contribution in [2.24, 2.45) is 0 Å². The van der Waals surface area contributed by atoms with E-state index in [4.69, 9.17) is 9.47 Å². The summed E-state index contributed by atoms with van der Waals surface area (Å²) in [5.41, 5.74) is 0.653. The van der Waals surface area contributed by atoms with Crippen LogP contribution in [0.15, 0.2) is 18.2 Å². The molecule has 2 rings (SSSR count). The fourth-order valence-electron chi connectivity index (χ4n) is 2.34. The van der Waals surface area contributed by atoms with Crippen LogP contribution in [0, 0.1) is 5.82 Å². The van der Waals surface area contributed by atoms with Crippen molar-refractivity contribution in [1.29, 1.82) is 0 Å². The van der Waals surface area contributed by atoms with Crippen LogP contribution < -0.4 is 10.1 Å². The predicted molar refractivity (Wildman–Crippen MR) is 68.5 cm³/mol. The number of methoxy groups -OCH3 is 1. The molecular weight excluding hydrogens is 233 g/mol. The van der Waals surface area contributed by atoms with Crippen LogP contribution in [-0.2, 0) is 11.2 Å². The number of nitrogens with one attached hydrogen (secondary N) is 1. The minimum atomic E-state index is -0.195. The fourth-order valence-corrected chi connectivity index (χ4v) is 2.34. The molecule has 0 saturated carbocycles. The van der Waals surface area contributed by atoms with Crippen molar-refractivity contribution in [2.45, 2.75) is 31.8 Å². The number of ether oxygens (including phenoxy) is 2. The Morgan fingerprint density at radius 1 is 1.44 bits per heavy atom. The molecular formula is C14H20FNO2. The molecule has 1 aliphatic heterocycles. The van der Waals surface area contributed by atoms with Crippen molar-refractivity contribution in [1.82, 2.24) is 5.32 Å². The van der Waals surface area contributed by atoms with Gasteiger partial charge in [0.2, 0.25) is 0 Å². The van der Waals surface area contributed by atoms with E-state index in [0.717, 1.165) is 13.0 Å². The first-order valence-corrected chi connectivity index (χ1v) is 6.36. The van der Waals surface area contributed by atoms with E-state index in [1.54, 1.807) is 19.2 Å². The van der Waals surface area contributed by atoms with Gasteiger partial charge in [-0.05, 0) is 31.9 Å². The Morgan fingerprint density at radius 2 is 2.28 bits per heavy atom. The number of rotatable bonds is 4. The number of halogens is 1. The SMILES string of the molecule is COc1cccc(F)c1CCC1COCC(C)N1. The summed E-state index contributed by atoms with van der Waals surface area (Å²) in [6.45, 7) is 3.54. The van der Waals surface area contributed by atoms with Crippen LogP contribution in [0.3, 0.4) is 0 Å². The second-order valence-corrected chi connectivity index (χ2v) is 4.76. The average Bonchev–Trinajstić information content (AvgIpc) is 2.37. The maximum Gasteiger partial charge on any atom is 0.130 e. The van der Waals surface area contributed by atoms with Crippen molar-refractivity contribution >= 4 is 0 Å². The van der Waals surface area contributed by atoms with Gasteiger partial charge < -0.3 is 14.8 Å². The van der Waals surface area contributed by atoms with Crippen LogP contribution in [0.5, 0.6) is 5.75 Å². The minimum absolute atomic E-state index is 0.195. The highest BCUT2D eigenvalue weighted by Crippen LogP contribution is 2.23. The molecule has 2 atom stereocenters. The molecule has 1 aromatic rings. The average molecular weight is 253 g/mol. The number of morpholine rings is 1. The molecule has 1 aliphatic rings. The predicted octanol–water partition coefficient (Wildman–Crippen LogP) is 2.14. The number of benzene rings is 1. The molecule has 0 spiro atoms. The fraction of sp³-hybridized carbons (Fsp3) is 0.571. The normalized spacial score (nSPS) is 23.9. The van der Waals surface area contributed by atoms with Gasteiger partial charge in [0.25, 0.3) is 0 Å². The highest BCUT2D eigenvalue weighted by molar-refractivity contribution is 5.34. The third-order valence-electron chi connectivity index (χ3n) is 3.25. The lowest BCUT2D eigenvalue weighted by molar-refractivity contribution is 0.0482. The Kier molecular flexibility index (Phi) is 4.55. The van der Waals surface area contributed by atoms with Gasteiger partial charge in [-0.3, -0.25) is 0 Å². The topological polar surface area (TPSA) is 30.5 Å². The summed E-state index contributed by atoms with van der Waals surface area (Å²) in [6.07, 6.45) is 1.51. The van der Waals surface area contributed by atoms with Gasteiger partial charge >= 0.3 is 0 Å². The van der Waals surface area contributed by atoms with Crippen LogP contribution in [0.1, 0.15) is 18.9 Å². The van der Waals surface area contributed by atoms with Crippen molar-refractivity contribution in [3.8, 4) is 5.75 Å². The maximum atomic E-state index is 13.7. The molecule has 0 aliphatic carbocycles. The van der Waals surface area contributed by atoms with E-state index in [0.29, 0.717) is 30.4 Å².